The number of hydrogen-bond donors (Lipinski definition) is 1. The molecule has 0 saturated heterocycles. The Balaban J connectivity index is 2.08. The highest BCUT2D eigenvalue weighted by atomic mass is 35.5. The fourth-order valence-corrected chi connectivity index (χ4v) is 1.68. The lowest BCUT2D eigenvalue weighted by Gasteiger charge is -2.10. The number of carbonyl (C=O) groups excluding carboxylic acids is 2. The molecule has 0 heterocycles. The summed E-state index contributed by atoms with van der Waals surface area (Å²) in [7, 11) is 0. The Morgan fingerprint density at radius 3 is 2.27 bits per heavy atom. The molecule has 0 unspecified atom stereocenters. The summed E-state index contributed by atoms with van der Waals surface area (Å²) in [6.45, 7) is 0. The van der Waals surface area contributed by atoms with Crippen molar-refractivity contribution in [3.05, 3.63) is 30.3 Å². The van der Waals surface area contributed by atoms with Crippen molar-refractivity contribution in [3.63, 3.8) is 0 Å². The number of anilines is 1. The highest BCUT2D eigenvalue weighted by Gasteiger charge is 2.55. The summed E-state index contributed by atoms with van der Waals surface area (Å²) in [4.78, 5) is 22.8. The fourth-order valence-electron chi connectivity index (χ4n) is 1.41. The number of halogens is 1. The molecule has 1 fully saturated rings. The van der Waals surface area contributed by atoms with Gasteiger partial charge in [-0.2, -0.15) is 0 Å². The molecule has 0 aromatic heterocycles. The van der Waals surface area contributed by atoms with E-state index in [2.05, 4.69) is 5.32 Å². The first-order chi connectivity index (χ1) is 7.15. The highest BCUT2D eigenvalue weighted by molar-refractivity contribution is 6.67. The molecular formula is C11H10ClNO2. The third-order valence-electron chi connectivity index (χ3n) is 2.59. The lowest BCUT2D eigenvalue weighted by atomic mass is 10.1. The van der Waals surface area contributed by atoms with Gasteiger partial charge in [0.2, 0.25) is 11.1 Å². The molecule has 1 aliphatic rings. The van der Waals surface area contributed by atoms with Gasteiger partial charge in [0.1, 0.15) is 5.41 Å². The van der Waals surface area contributed by atoms with Gasteiger partial charge in [-0.3, -0.25) is 9.59 Å². The van der Waals surface area contributed by atoms with Gasteiger partial charge in [-0.15, -0.1) is 0 Å². The van der Waals surface area contributed by atoms with E-state index in [4.69, 9.17) is 11.6 Å². The van der Waals surface area contributed by atoms with Crippen molar-refractivity contribution in [1.29, 1.82) is 0 Å². The molecule has 3 nitrogen and oxygen atoms in total. The lowest BCUT2D eigenvalue weighted by Crippen LogP contribution is -2.28. The lowest BCUT2D eigenvalue weighted by molar-refractivity contribution is -0.128. The van der Waals surface area contributed by atoms with Gasteiger partial charge in [-0.25, -0.2) is 0 Å². The minimum atomic E-state index is -0.961. The number of carbonyl (C=O) groups is 2. The number of rotatable bonds is 3. The molecule has 0 spiro atoms. The van der Waals surface area contributed by atoms with Crippen molar-refractivity contribution in [1.82, 2.24) is 0 Å². The van der Waals surface area contributed by atoms with Gasteiger partial charge in [0.25, 0.3) is 0 Å². The summed E-state index contributed by atoms with van der Waals surface area (Å²) >= 11 is 5.39. The normalized spacial score (nSPS) is 16.9. The summed E-state index contributed by atoms with van der Waals surface area (Å²) in [6, 6.07) is 9.03. The van der Waals surface area contributed by atoms with Gasteiger partial charge in [-0.1, -0.05) is 18.2 Å². The zero-order valence-corrected chi connectivity index (χ0v) is 8.75. The van der Waals surface area contributed by atoms with Crippen LogP contribution in [0.1, 0.15) is 12.8 Å². The van der Waals surface area contributed by atoms with Crippen molar-refractivity contribution in [2.24, 2.45) is 5.41 Å². The summed E-state index contributed by atoms with van der Waals surface area (Å²) in [5.41, 5.74) is -0.274. The van der Waals surface area contributed by atoms with Gasteiger partial charge in [-0.05, 0) is 36.6 Å². The van der Waals surface area contributed by atoms with Gasteiger partial charge in [0.15, 0.2) is 0 Å². The Labute approximate surface area is 92.4 Å². The third kappa shape index (κ3) is 1.88. The number of amides is 1. The summed E-state index contributed by atoms with van der Waals surface area (Å²) in [5.74, 6) is -0.297. The largest absolute Gasteiger partial charge is 0.325 e. The van der Waals surface area contributed by atoms with Crippen LogP contribution < -0.4 is 5.32 Å². The van der Waals surface area contributed by atoms with E-state index >= 15 is 0 Å². The van der Waals surface area contributed by atoms with E-state index in [-0.39, 0.29) is 5.91 Å². The summed E-state index contributed by atoms with van der Waals surface area (Å²) in [6.07, 6.45) is 1.10. The van der Waals surface area contributed by atoms with Gasteiger partial charge in [0.05, 0.1) is 0 Å². The molecule has 0 aliphatic heterocycles. The van der Waals surface area contributed by atoms with Crippen molar-refractivity contribution >= 4 is 28.4 Å². The monoisotopic (exact) mass is 223 g/mol. The predicted octanol–water partition coefficient (Wildman–Crippen LogP) is 2.17. The molecule has 2 rings (SSSR count). The summed E-state index contributed by atoms with van der Waals surface area (Å²) in [5, 5.41) is 2.12. The molecule has 4 heteroatoms. The minimum Gasteiger partial charge on any atom is -0.325 e. The Hall–Kier alpha value is -1.35. The van der Waals surface area contributed by atoms with Crippen molar-refractivity contribution in [2.75, 3.05) is 5.32 Å². The van der Waals surface area contributed by atoms with E-state index in [1.54, 1.807) is 12.1 Å². The van der Waals surface area contributed by atoms with E-state index in [0.717, 1.165) is 0 Å². The Morgan fingerprint density at radius 1 is 1.20 bits per heavy atom. The Morgan fingerprint density at radius 2 is 1.80 bits per heavy atom. The van der Waals surface area contributed by atoms with Gasteiger partial charge in [0, 0.05) is 5.69 Å². The maximum absolute atomic E-state index is 11.7. The quantitative estimate of drug-likeness (QED) is 0.631. The molecule has 15 heavy (non-hydrogen) atoms. The first-order valence-electron chi connectivity index (χ1n) is 4.72. The molecular weight excluding hydrogens is 214 g/mol. The average Bonchev–Trinajstić information content (AvgIpc) is 2.99. The molecule has 1 amide bonds. The molecule has 0 radical (unpaired) electrons. The Kier molecular flexibility index (Phi) is 2.49. The van der Waals surface area contributed by atoms with Crippen LogP contribution in [0, 0.1) is 5.41 Å². The standard InChI is InChI=1S/C11H10ClNO2/c12-9(14)11(6-7-11)10(15)13-8-4-2-1-3-5-8/h1-5H,6-7H2,(H,13,15). The second-order valence-corrected chi connectivity index (χ2v) is 4.02. The number of hydrogen-bond acceptors (Lipinski definition) is 2. The summed E-state index contributed by atoms with van der Waals surface area (Å²) < 4.78 is 0. The fraction of sp³-hybridized carbons (Fsp3) is 0.273. The zero-order valence-electron chi connectivity index (χ0n) is 8.00. The van der Waals surface area contributed by atoms with Gasteiger partial charge < -0.3 is 5.32 Å². The van der Waals surface area contributed by atoms with Crippen molar-refractivity contribution in [2.45, 2.75) is 12.8 Å². The van der Waals surface area contributed by atoms with Crippen LogP contribution in [0.15, 0.2) is 30.3 Å². The van der Waals surface area contributed by atoms with Crippen LogP contribution in [0.2, 0.25) is 0 Å². The third-order valence-corrected chi connectivity index (χ3v) is 2.95. The topological polar surface area (TPSA) is 46.2 Å². The van der Waals surface area contributed by atoms with E-state index in [9.17, 15) is 9.59 Å². The predicted molar refractivity (Wildman–Crippen MR) is 57.6 cm³/mol. The van der Waals surface area contributed by atoms with Crippen LogP contribution in [-0.2, 0) is 9.59 Å². The molecule has 1 saturated carbocycles. The zero-order chi connectivity index (χ0) is 10.9. The van der Waals surface area contributed by atoms with Gasteiger partial charge >= 0.3 is 0 Å². The number of nitrogens with one attached hydrogen (secondary N) is 1. The minimum absolute atomic E-state index is 0.297. The first-order valence-corrected chi connectivity index (χ1v) is 5.09. The molecule has 78 valence electrons. The maximum Gasteiger partial charge on any atom is 0.239 e. The van der Waals surface area contributed by atoms with Crippen molar-refractivity contribution in [3.8, 4) is 0 Å². The molecule has 0 atom stereocenters. The van der Waals surface area contributed by atoms with Crippen molar-refractivity contribution < 1.29 is 9.59 Å². The maximum atomic E-state index is 11.7. The van der Waals surface area contributed by atoms with E-state index < -0.39 is 10.7 Å². The second-order valence-electron chi connectivity index (χ2n) is 3.68. The number of benzene rings is 1. The van der Waals surface area contributed by atoms with Crippen LogP contribution >= 0.6 is 11.6 Å². The Bertz CT molecular complexity index is 398. The molecule has 1 aliphatic carbocycles. The van der Waals surface area contributed by atoms with E-state index in [0.29, 0.717) is 18.5 Å². The second kappa shape index (κ2) is 3.66. The average molecular weight is 224 g/mol. The van der Waals surface area contributed by atoms with Crippen LogP contribution in [0.4, 0.5) is 5.69 Å². The number of para-hydroxylation sites is 1. The van der Waals surface area contributed by atoms with Crippen LogP contribution in [0.25, 0.3) is 0 Å². The van der Waals surface area contributed by atoms with Crippen LogP contribution in [0.3, 0.4) is 0 Å². The SMILES string of the molecule is O=C(Cl)C1(C(=O)Nc2ccccc2)CC1. The smallest absolute Gasteiger partial charge is 0.239 e. The highest BCUT2D eigenvalue weighted by Crippen LogP contribution is 2.48. The van der Waals surface area contributed by atoms with E-state index in [1.807, 2.05) is 18.2 Å². The molecule has 1 aromatic rings. The van der Waals surface area contributed by atoms with Crippen LogP contribution in [0.5, 0.6) is 0 Å². The van der Waals surface area contributed by atoms with E-state index in [1.165, 1.54) is 0 Å². The molecule has 1 aromatic carbocycles. The van der Waals surface area contributed by atoms with Crippen LogP contribution in [-0.4, -0.2) is 11.1 Å². The first kappa shape index (κ1) is 10.2. The molecule has 0 bridgehead atoms. The molecule has 1 N–H and O–H groups in total.